The van der Waals surface area contributed by atoms with Crippen LogP contribution in [0.15, 0.2) is 78.9 Å². The van der Waals surface area contributed by atoms with Crippen LogP contribution < -0.4 is 16.0 Å². The third-order valence-electron chi connectivity index (χ3n) is 4.71. The van der Waals surface area contributed by atoms with Gasteiger partial charge in [0.25, 0.3) is 5.91 Å². The highest BCUT2D eigenvalue weighted by Gasteiger charge is 2.23. The predicted molar refractivity (Wildman–Crippen MR) is 116 cm³/mol. The first-order valence-electron chi connectivity index (χ1n) is 9.77. The van der Waals surface area contributed by atoms with E-state index in [0.29, 0.717) is 28.1 Å². The molecule has 0 unspecified atom stereocenters. The molecule has 3 aromatic rings. The Bertz CT molecular complexity index is 1090. The first-order chi connectivity index (χ1) is 14.6. The lowest BCUT2D eigenvalue weighted by Crippen LogP contribution is -2.30. The molecule has 0 heterocycles. The van der Waals surface area contributed by atoms with Gasteiger partial charge in [-0.05, 0) is 43.2 Å². The van der Waals surface area contributed by atoms with Crippen molar-refractivity contribution in [3.8, 4) is 0 Å². The van der Waals surface area contributed by atoms with Gasteiger partial charge in [0, 0.05) is 34.1 Å². The van der Waals surface area contributed by atoms with Crippen LogP contribution in [-0.2, 0) is 0 Å². The molecule has 0 aromatic heterocycles. The largest absolute Gasteiger partial charge is 0.335 e. The quantitative estimate of drug-likeness (QED) is 0.535. The Morgan fingerprint density at radius 3 is 1.97 bits per heavy atom. The number of ketones is 1. The second-order valence-electron chi connectivity index (χ2n) is 7.18. The maximum absolute atomic E-state index is 12.7. The van der Waals surface area contributed by atoms with E-state index in [1.165, 1.54) is 0 Å². The molecule has 0 aliphatic heterocycles. The molecule has 30 heavy (non-hydrogen) atoms. The van der Waals surface area contributed by atoms with E-state index in [2.05, 4.69) is 16.0 Å². The summed E-state index contributed by atoms with van der Waals surface area (Å²) in [5.74, 6) is -0.440. The Morgan fingerprint density at radius 1 is 0.667 bits per heavy atom. The van der Waals surface area contributed by atoms with Crippen LogP contribution in [0.5, 0.6) is 0 Å². The number of benzene rings is 3. The first kappa shape index (κ1) is 19.4. The number of rotatable bonds is 6. The van der Waals surface area contributed by atoms with Gasteiger partial charge < -0.3 is 16.0 Å². The van der Waals surface area contributed by atoms with Crippen molar-refractivity contribution in [3.05, 3.63) is 95.6 Å². The maximum Gasteiger partial charge on any atom is 0.319 e. The van der Waals surface area contributed by atoms with E-state index >= 15 is 0 Å². The lowest BCUT2D eigenvalue weighted by molar-refractivity contribution is 0.102. The zero-order valence-electron chi connectivity index (χ0n) is 16.2. The van der Waals surface area contributed by atoms with E-state index in [4.69, 9.17) is 0 Å². The monoisotopic (exact) mass is 399 g/mol. The van der Waals surface area contributed by atoms with Gasteiger partial charge in [-0.1, -0.05) is 48.5 Å². The minimum Gasteiger partial charge on any atom is -0.335 e. The number of hydrogen-bond donors (Lipinski definition) is 3. The van der Waals surface area contributed by atoms with E-state index in [1.807, 2.05) is 18.2 Å². The van der Waals surface area contributed by atoms with Crippen molar-refractivity contribution in [1.82, 2.24) is 5.32 Å². The van der Waals surface area contributed by atoms with Crippen LogP contribution in [0, 0.1) is 0 Å². The smallest absolute Gasteiger partial charge is 0.319 e. The van der Waals surface area contributed by atoms with Crippen LogP contribution in [-0.4, -0.2) is 23.8 Å². The molecule has 0 atom stereocenters. The van der Waals surface area contributed by atoms with Crippen molar-refractivity contribution in [2.45, 2.75) is 18.9 Å². The summed E-state index contributed by atoms with van der Waals surface area (Å²) in [7, 11) is 0. The molecule has 0 bridgehead atoms. The Hall–Kier alpha value is -3.93. The molecule has 3 N–H and O–H groups in total. The van der Waals surface area contributed by atoms with Crippen LogP contribution in [0.1, 0.15) is 39.1 Å². The Balaban J connectivity index is 1.44. The molecule has 3 amide bonds. The summed E-state index contributed by atoms with van der Waals surface area (Å²) < 4.78 is 0. The first-order valence-corrected chi connectivity index (χ1v) is 9.77. The highest BCUT2D eigenvalue weighted by Crippen LogP contribution is 2.20. The molecular weight excluding hydrogens is 378 g/mol. The summed E-state index contributed by atoms with van der Waals surface area (Å²) in [6.45, 7) is 0. The fourth-order valence-electron chi connectivity index (χ4n) is 3.02. The molecule has 0 saturated heterocycles. The minimum absolute atomic E-state index is 0.112. The van der Waals surface area contributed by atoms with Crippen molar-refractivity contribution in [1.29, 1.82) is 0 Å². The highest BCUT2D eigenvalue weighted by atomic mass is 16.2. The average Bonchev–Trinajstić information content (AvgIpc) is 3.58. The molecule has 3 aromatic carbocycles. The zero-order valence-corrected chi connectivity index (χ0v) is 16.2. The number of nitrogens with one attached hydrogen (secondary N) is 3. The topological polar surface area (TPSA) is 87.3 Å². The highest BCUT2D eigenvalue weighted by molar-refractivity contribution is 6.10. The number of urea groups is 1. The number of carbonyl (C=O) groups is 3. The summed E-state index contributed by atoms with van der Waals surface area (Å²) in [4.78, 5) is 37.2. The molecule has 0 radical (unpaired) electrons. The van der Waals surface area contributed by atoms with Gasteiger partial charge in [-0.2, -0.15) is 0 Å². The van der Waals surface area contributed by atoms with Crippen LogP contribution >= 0.6 is 0 Å². The zero-order chi connectivity index (χ0) is 20.9. The van der Waals surface area contributed by atoms with Crippen molar-refractivity contribution in [2.75, 3.05) is 10.6 Å². The van der Waals surface area contributed by atoms with Crippen LogP contribution in [0.4, 0.5) is 16.2 Å². The lowest BCUT2D eigenvalue weighted by Gasteiger charge is -2.10. The van der Waals surface area contributed by atoms with Gasteiger partial charge in [-0.15, -0.1) is 0 Å². The minimum atomic E-state index is -0.328. The molecular formula is C24H21N3O3. The van der Waals surface area contributed by atoms with E-state index in [9.17, 15) is 14.4 Å². The van der Waals surface area contributed by atoms with E-state index < -0.39 is 0 Å². The standard InChI is InChI=1S/C24H21N3O3/c28-22(16-6-2-1-3-7-16)17-8-4-10-20(14-17)25-23(29)18-9-5-11-21(15-18)27-24(30)26-19-12-13-19/h1-11,14-15,19H,12-13H2,(H,25,29)(H2,26,27,30). The Labute approximate surface area is 174 Å². The number of amides is 3. The predicted octanol–water partition coefficient (Wildman–Crippen LogP) is 4.45. The van der Waals surface area contributed by atoms with Crippen molar-refractivity contribution in [3.63, 3.8) is 0 Å². The number of anilines is 2. The van der Waals surface area contributed by atoms with Gasteiger partial charge in [0.2, 0.25) is 0 Å². The normalized spacial score (nSPS) is 12.7. The maximum atomic E-state index is 12.7. The van der Waals surface area contributed by atoms with E-state index in [1.54, 1.807) is 60.7 Å². The summed E-state index contributed by atoms with van der Waals surface area (Å²) in [5, 5.41) is 8.39. The third-order valence-corrected chi connectivity index (χ3v) is 4.71. The van der Waals surface area contributed by atoms with Crippen molar-refractivity contribution < 1.29 is 14.4 Å². The summed E-state index contributed by atoms with van der Waals surface area (Å²) in [6.07, 6.45) is 2.00. The van der Waals surface area contributed by atoms with Gasteiger partial charge in [0.05, 0.1) is 0 Å². The number of carbonyl (C=O) groups excluding carboxylic acids is 3. The van der Waals surface area contributed by atoms with Crippen LogP contribution in [0.25, 0.3) is 0 Å². The molecule has 1 saturated carbocycles. The fourth-order valence-corrected chi connectivity index (χ4v) is 3.02. The molecule has 1 aliphatic carbocycles. The van der Waals surface area contributed by atoms with Crippen molar-refractivity contribution >= 4 is 29.1 Å². The van der Waals surface area contributed by atoms with Gasteiger partial charge in [-0.25, -0.2) is 4.79 Å². The summed E-state index contributed by atoms with van der Waals surface area (Å²) in [6, 6.07) is 22.5. The molecule has 1 fully saturated rings. The summed E-state index contributed by atoms with van der Waals surface area (Å²) >= 11 is 0. The lowest BCUT2D eigenvalue weighted by atomic mass is 10.0. The second kappa shape index (κ2) is 8.61. The molecule has 0 spiro atoms. The van der Waals surface area contributed by atoms with Crippen LogP contribution in [0.2, 0.25) is 0 Å². The van der Waals surface area contributed by atoms with Gasteiger partial charge in [0.1, 0.15) is 0 Å². The van der Waals surface area contributed by atoms with Crippen LogP contribution in [0.3, 0.4) is 0 Å². The average molecular weight is 399 g/mol. The second-order valence-corrected chi connectivity index (χ2v) is 7.18. The summed E-state index contributed by atoms with van der Waals surface area (Å²) in [5.41, 5.74) is 2.54. The molecule has 150 valence electrons. The van der Waals surface area contributed by atoms with Gasteiger partial charge in [-0.3, -0.25) is 9.59 Å². The van der Waals surface area contributed by atoms with Gasteiger partial charge >= 0.3 is 6.03 Å². The van der Waals surface area contributed by atoms with E-state index in [-0.39, 0.29) is 23.8 Å². The van der Waals surface area contributed by atoms with Gasteiger partial charge in [0.15, 0.2) is 5.78 Å². The fraction of sp³-hybridized carbons (Fsp3) is 0.125. The molecule has 4 rings (SSSR count). The Kier molecular flexibility index (Phi) is 5.57. The third kappa shape index (κ3) is 4.91. The number of hydrogen-bond acceptors (Lipinski definition) is 3. The van der Waals surface area contributed by atoms with Crippen molar-refractivity contribution in [2.24, 2.45) is 0 Å². The Morgan fingerprint density at radius 2 is 1.27 bits per heavy atom. The molecule has 6 heteroatoms. The molecule has 1 aliphatic rings. The SMILES string of the molecule is O=C(Nc1cccc(C(=O)Nc2cccc(C(=O)c3ccccc3)c2)c1)NC1CC1. The molecule has 6 nitrogen and oxygen atoms in total. The van der Waals surface area contributed by atoms with E-state index in [0.717, 1.165) is 12.8 Å².